The molecule has 0 aliphatic carbocycles. The van der Waals surface area contributed by atoms with Crippen molar-refractivity contribution in [3.05, 3.63) is 69.4 Å². The van der Waals surface area contributed by atoms with Crippen LogP contribution in [0.5, 0.6) is 0 Å². The molecule has 2 aromatic carbocycles. The van der Waals surface area contributed by atoms with Crippen molar-refractivity contribution in [3.8, 4) is 6.07 Å². The summed E-state index contributed by atoms with van der Waals surface area (Å²) in [5.41, 5.74) is -0.611. The molecule has 0 saturated heterocycles. The fraction of sp³-hybridized carbons (Fsp3) is 0.0667. The molecule has 0 N–H and O–H groups in total. The third-order valence-electron chi connectivity index (χ3n) is 2.85. The summed E-state index contributed by atoms with van der Waals surface area (Å²) in [5, 5.41) is 9.12. The highest BCUT2D eigenvalue weighted by Crippen LogP contribution is 2.25. The molecule has 0 saturated carbocycles. The maximum atomic E-state index is 13.6. The lowest BCUT2D eigenvalue weighted by Gasteiger charge is -2.10. The van der Waals surface area contributed by atoms with E-state index in [0.717, 1.165) is 4.47 Å². The zero-order valence-corrected chi connectivity index (χ0v) is 12.0. The molecule has 0 radical (unpaired) electrons. The molecule has 1 unspecified atom stereocenters. The van der Waals surface area contributed by atoms with Crippen molar-refractivity contribution >= 4 is 21.7 Å². The SMILES string of the molecule is N#CC(C(=O)c1c(F)cc(F)cc1F)c1ccc(Br)cc1. The third kappa shape index (κ3) is 3.14. The van der Waals surface area contributed by atoms with Crippen LogP contribution in [0.25, 0.3) is 0 Å². The minimum atomic E-state index is -1.37. The summed E-state index contributed by atoms with van der Waals surface area (Å²) in [5.74, 6) is -6.19. The Morgan fingerprint density at radius 1 is 1.10 bits per heavy atom. The number of carbonyl (C=O) groups is 1. The standard InChI is InChI=1S/C15H7BrF3NO/c16-9-3-1-8(2-4-9)11(7-20)15(21)14-12(18)5-10(17)6-13(14)19/h1-6,11H. The molecule has 1 atom stereocenters. The lowest BCUT2D eigenvalue weighted by Crippen LogP contribution is -2.15. The van der Waals surface area contributed by atoms with Crippen molar-refractivity contribution in [1.29, 1.82) is 5.26 Å². The Morgan fingerprint density at radius 2 is 1.62 bits per heavy atom. The van der Waals surface area contributed by atoms with E-state index in [2.05, 4.69) is 15.9 Å². The molecule has 106 valence electrons. The van der Waals surface area contributed by atoms with Gasteiger partial charge in [0.05, 0.1) is 11.6 Å². The van der Waals surface area contributed by atoms with E-state index in [0.29, 0.717) is 17.7 Å². The van der Waals surface area contributed by atoms with Crippen molar-refractivity contribution < 1.29 is 18.0 Å². The van der Waals surface area contributed by atoms with E-state index in [-0.39, 0.29) is 0 Å². The van der Waals surface area contributed by atoms with E-state index < -0.39 is 34.7 Å². The first kappa shape index (κ1) is 15.3. The van der Waals surface area contributed by atoms with E-state index in [1.807, 2.05) is 0 Å². The fourth-order valence-corrected chi connectivity index (χ4v) is 2.13. The molecule has 0 bridgehead atoms. The van der Waals surface area contributed by atoms with Gasteiger partial charge in [-0.3, -0.25) is 4.79 Å². The second-order valence-electron chi connectivity index (χ2n) is 4.22. The molecular weight excluding hydrogens is 347 g/mol. The average Bonchev–Trinajstić information content (AvgIpc) is 2.40. The summed E-state index contributed by atoms with van der Waals surface area (Å²) in [7, 11) is 0. The molecule has 0 spiro atoms. The normalized spacial score (nSPS) is 11.8. The highest BCUT2D eigenvalue weighted by atomic mass is 79.9. The van der Waals surface area contributed by atoms with Gasteiger partial charge < -0.3 is 0 Å². The molecule has 0 fully saturated rings. The van der Waals surface area contributed by atoms with Gasteiger partial charge in [-0.2, -0.15) is 5.26 Å². The number of carbonyl (C=O) groups excluding carboxylic acids is 1. The van der Waals surface area contributed by atoms with Gasteiger partial charge in [0.15, 0.2) is 5.78 Å². The van der Waals surface area contributed by atoms with Crippen LogP contribution >= 0.6 is 15.9 Å². The molecule has 0 heterocycles. The highest BCUT2D eigenvalue weighted by Gasteiger charge is 2.27. The lowest BCUT2D eigenvalue weighted by atomic mass is 9.91. The first-order valence-corrected chi connectivity index (χ1v) is 6.57. The van der Waals surface area contributed by atoms with E-state index in [1.165, 1.54) is 12.1 Å². The number of benzene rings is 2. The Bertz CT molecular complexity index is 715. The van der Waals surface area contributed by atoms with Crippen LogP contribution in [0.1, 0.15) is 21.8 Å². The summed E-state index contributed by atoms with van der Waals surface area (Å²) in [6.45, 7) is 0. The van der Waals surface area contributed by atoms with Crippen LogP contribution in [0.2, 0.25) is 0 Å². The Hall–Kier alpha value is -2.13. The first-order chi connectivity index (χ1) is 9.93. The van der Waals surface area contributed by atoms with Gasteiger partial charge in [0, 0.05) is 16.6 Å². The average molecular weight is 354 g/mol. The van der Waals surface area contributed by atoms with E-state index in [4.69, 9.17) is 5.26 Å². The van der Waals surface area contributed by atoms with Crippen LogP contribution in [0.15, 0.2) is 40.9 Å². The number of rotatable bonds is 3. The predicted molar refractivity (Wildman–Crippen MR) is 73.1 cm³/mol. The second-order valence-corrected chi connectivity index (χ2v) is 5.14. The highest BCUT2D eigenvalue weighted by molar-refractivity contribution is 9.10. The van der Waals surface area contributed by atoms with Crippen LogP contribution < -0.4 is 0 Å². The van der Waals surface area contributed by atoms with Crippen molar-refractivity contribution in [2.75, 3.05) is 0 Å². The zero-order chi connectivity index (χ0) is 15.6. The molecule has 0 aliphatic heterocycles. The Labute approximate surface area is 127 Å². The maximum absolute atomic E-state index is 13.6. The van der Waals surface area contributed by atoms with Gasteiger partial charge in [-0.25, -0.2) is 13.2 Å². The van der Waals surface area contributed by atoms with Gasteiger partial charge in [0.25, 0.3) is 0 Å². The smallest absolute Gasteiger partial charge is 0.190 e. The molecular formula is C15H7BrF3NO. The number of nitriles is 1. The number of halogens is 4. The van der Waals surface area contributed by atoms with Crippen LogP contribution in [-0.2, 0) is 0 Å². The zero-order valence-electron chi connectivity index (χ0n) is 10.4. The number of Topliss-reactive ketones (excluding diaryl/α,β-unsaturated/α-hetero) is 1. The van der Waals surface area contributed by atoms with Gasteiger partial charge in [-0.15, -0.1) is 0 Å². The van der Waals surface area contributed by atoms with Gasteiger partial charge in [0.1, 0.15) is 23.4 Å². The number of hydrogen-bond acceptors (Lipinski definition) is 2. The third-order valence-corrected chi connectivity index (χ3v) is 3.38. The maximum Gasteiger partial charge on any atom is 0.190 e. The number of ketones is 1. The predicted octanol–water partition coefficient (Wildman–Crippen LogP) is 4.36. The molecule has 0 aliphatic rings. The van der Waals surface area contributed by atoms with Crippen molar-refractivity contribution in [1.82, 2.24) is 0 Å². The summed E-state index contributed by atoms with van der Waals surface area (Å²) in [6, 6.07) is 8.72. The van der Waals surface area contributed by atoms with E-state index >= 15 is 0 Å². The molecule has 2 rings (SSSR count). The molecule has 21 heavy (non-hydrogen) atoms. The summed E-state index contributed by atoms with van der Waals surface area (Å²) in [6.07, 6.45) is 0. The lowest BCUT2D eigenvalue weighted by molar-refractivity contribution is 0.0970. The number of nitrogens with zero attached hydrogens (tertiary/aromatic N) is 1. The Balaban J connectivity index is 2.47. The number of hydrogen-bond donors (Lipinski definition) is 0. The summed E-state index contributed by atoms with van der Waals surface area (Å²) in [4.78, 5) is 12.2. The van der Waals surface area contributed by atoms with Crippen LogP contribution in [0.3, 0.4) is 0 Å². The van der Waals surface area contributed by atoms with Gasteiger partial charge in [0.2, 0.25) is 0 Å². The fourth-order valence-electron chi connectivity index (χ4n) is 1.86. The molecule has 0 amide bonds. The largest absolute Gasteiger partial charge is 0.292 e. The topological polar surface area (TPSA) is 40.9 Å². The van der Waals surface area contributed by atoms with E-state index in [1.54, 1.807) is 18.2 Å². The second kappa shape index (κ2) is 6.10. The quantitative estimate of drug-likeness (QED) is 0.769. The van der Waals surface area contributed by atoms with Crippen molar-refractivity contribution in [2.24, 2.45) is 0 Å². The van der Waals surface area contributed by atoms with Gasteiger partial charge in [-0.05, 0) is 17.7 Å². The molecule has 0 aromatic heterocycles. The van der Waals surface area contributed by atoms with E-state index in [9.17, 15) is 18.0 Å². The minimum absolute atomic E-state index is 0.300. The molecule has 2 aromatic rings. The van der Waals surface area contributed by atoms with Gasteiger partial charge in [-0.1, -0.05) is 28.1 Å². The Morgan fingerprint density at radius 3 is 2.10 bits per heavy atom. The van der Waals surface area contributed by atoms with Gasteiger partial charge >= 0.3 is 0 Å². The minimum Gasteiger partial charge on any atom is -0.292 e. The monoisotopic (exact) mass is 353 g/mol. The van der Waals surface area contributed by atoms with Crippen molar-refractivity contribution in [2.45, 2.75) is 5.92 Å². The summed E-state index contributed by atoms with van der Waals surface area (Å²) >= 11 is 3.20. The van der Waals surface area contributed by atoms with Crippen LogP contribution in [0, 0.1) is 28.8 Å². The first-order valence-electron chi connectivity index (χ1n) is 5.78. The van der Waals surface area contributed by atoms with Crippen LogP contribution in [-0.4, -0.2) is 5.78 Å². The molecule has 6 heteroatoms. The van der Waals surface area contributed by atoms with Crippen molar-refractivity contribution in [3.63, 3.8) is 0 Å². The Kier molecular flexibility index (Phi) is 4.43. The molecule has 2 nitrogen and oxygen atoms in total. The summed E-state index contributed by atoms with van der Waals surface area (Å²) < 4.78 is 40.8. The van der Waals surface area contributed by atoms with Crippen LogP contribution in [0.4, 0.5) is 13.2 Å².